The normalized spacial score (nSPS) is 10.4. The smallest absolute Gasteiger partial charge is 0.257 e. The van der Waals surface area contributed by atoms with Gasteiger partial charge in [0.05, 0.1) is 5.56 Å². The number of aryl methyl sites for hydroxylation is 1. The molecule has 2 aromatic rings. The van der Waals surface area contributed by atoms with E-state index in [1.54, 1.807) is 4.90 Å². The number of halogens is 1. The van der Waals surface area contributed by atoms with Gasteiger partial charge in [0.15, 0.2) is 0 Å². The Kier molecular flexibility index (Phi) is 4.58. The molecule has 0 aliphatic carbocycles. The number of hydrogen-bond acceptors (Lipinski definition) is 2. The Bertz CT molecular complexity index is 655. The predicted molar refractivity (Wildman–Crippen MR) is 82.4 cm³/mol. The summed E-state index contributed by atoms with van der Waals surface area (Å²) >= 11 is 0. The van der Waals surface area contributed by atoms with E-state index in [-0.39, 0.29) is 11.5 Å². The highest BCUT2D eigenvalue weighted by atomic mass is 19.1. The monoisotopic (exact) mass is 286 g/mol. The average molecular weight is 286 g/mol. The van der Waals surface area contributed by atoms with Crippen molar-refractivity contribution in [2.75, 3.05) is 12.3 Å². The number of hydrogen-bond donors (Lipinski definition) is 1. The summed E-state index contributed by atoms with van der Waals surface area (Å²) in [6.07, 6.45) is 0. The lowest BCUT2D eigenvalue weighted by Gasteiger charge is -2.22. The largest absolute Gasteiger partial charge is 0.399 e. The van der Waals surface area contributed by atoms with E-state index in [9.17, 15) is 9.18 Å². The lowest BCUT2D eigenvalue weighted by atomic mass is 10.1. The van der Waals surface area contributed by atoms with Crippen LogP contribution in [0.1, 0.15) is 28.4 Å². The van der Waals surface area contributed by atoms with Crippen LogP contribution in [0.15, 0.2) is 42.5 Å². The van der Waals surface area contributed by atoms with Crippen molar-refractivity contribution in [3.8, 4) is 0 Å². The summed E-state index contributed by atoms with van der Waals surface area (Å²) < 4.78 is 13.8. The van der Waals surface area contributed by atoms with Gasteiger partial charge in [-0.15, -0.1) is 0 Å². The summed E-state index contributed by atoms with van der Waals surface area (Å²) in [6, 6.07) is 11.9. The van der Waals surface area contributed by atoms with Crippen LogP contribution >= 0.6 is 0 Å². The van der Waals surface area contributed by atoms with Gasteiger partial charge >= 0.3 is 0 Å². The molecular weight excluding hydrogens is 267 g/mol. The number of carbonyl (C=O) groups is 1. The van der Waals surface area contributed by atoms with Gasteiger partial charge in [0.25, 0.3) is 5.91 Å². The molecule has 2 aromatic carbocycles. The Morgan fingerprint density at radius 1 is 1.24 bits per heavy atom. The number of rotatable bonds is 4. The number of nitrogens with two attached hydrogens (primary N) is 1. The van der Waals surface area contributed by atoms with Crippen LogP contribution in [0.4, 0.5) is 10.1 Å². The van der Waals surface area contributed by atoms with E-state index in [0.717, 1.165) is 11.1 Å². The highest BCUT2D eigenvalue weighted by Crippen LogP contribution is 2.17. The zero-order valence-electron chi connectivity index (χ0n) is 12.3. The maximum atomic E-state index is 13.8. The van der Waals surface area contributed by atoms with Crippen molar-refractivity contribution >= 4 is 11.6 Å². The van der Waals surface area contributed by atoms with Crippen LogP contribution in [0.2, 0.25) is 0 Å². The number of benzene rings is 2. The molecule has 0 aliphatic rings. The van der Waals surface area contributed by atoms with Crippen LogP contribution in [0.5, 0.6) is 0 Å². The molecule has 0 bridgehead atoms. The summed E-state index contributed by atoms with van der Waals surface area (Å²) in [5, 5.41) is 0. The molecule has 0 heterocycles. The standard InChI is InChI=1S/C17H19FN2O/c1-3-20(11-13-7-5-4-6-12(13)2)17(21)15-10-14(19)8-9-16(15)18/h4-10H,3,11,19H2,1-2H3. The Balaban J connectivity index is 2.27. The molecule has 0 saturated heterocycles. The van der Waals surface area contributed by atoms with E-state index in [2.05, 4.69) is 0 Å². The number of amides is 1. The first-order valence-electron chi connectivity index (χ1n) is 6.91. The molecule has 4 heteroatoms. The minimum atomic E-state index is -0.544. The van der Waals surface area contributed by atoms with Gasteiger partial charge in [-0.3, -0.25) is 4.79 Å². The van der Waals surface area contributed by atoms with Gasteiger partial charge in [0, 0.05) is 18.8 Å². The molecule has 0 aromatic heterocycles. The van der Waals surface area contributed by atoms with E-state index in [1.165, 1.54) is 18.2 Å². The number of anilines is 1. The molecule has 110 valence electrons. The van der Waals surface area contributed by atoms with E-state index >= 15 is 0 Å². The minimum Gasteiger partial charge on any atom is -0.399 e. The van der Waals surface area contributed by atoms with Crippen molar-refractivity contribution in [2.45, 2.75) is 20.4 Å². The number of nitrogen functional groups attached to an aromatic ring is 1. The second-order valence-corrected chi connectivity index (χ2v) is 4.99. The van der Waals surface area contributed by atoms with E-state index < -0.39 is 5.82 Å². The van der Waals surface area contributed by atoms with Crippen LogP contribution < -0.4 is 5.73 Å². The van der Waals surface area contributed by atoms with Gasteiger partial charge in [-0.05, 0) is 43.2 Å². The molecule has 0 aliphatic heterocycles. The summed E-state index contributed by atoms with van der Waals surface area (Å²) in [5.41, 5.74) is 8.21. The third-order valence-electron chi connectivity index (χ3n) is 3.51. The van der Waals surface area contributed by atoms with Crippen LogP contribution in [0, 0.1) is 12.7 Å². The number of carbonyl (C=O) groups excluding carboxylic acids is 1. The van der Waals surface area contributed by atoms with Crippen molar-refractivity contribution in [3.05, 3.63) is 65.0 Å². The van der Waals surface area contributed by atoms with Crippen molar-refractivity contribution in [3.63, 3.8) is 0 Å². The van der Waals surface area contributed by atoms with Gasteiger partial charge in [-0.1, -0.05) is 24.3 Å². The number of nitrogens with zero attached hydrogens (tertiary/aromatic N) is 1. The molecule has 3 nitrogen and oxygen atoms in total. The fourth-order valence-corrected chi connectivity index (χ4v) is 2.20. The van der Waals surface area contributed by atoms with E-state index in [1.807, 2.05) is 38.1 Å². The lowest BCUT2D eigenvalue weighted by Crippen LogP contribution is -2.31. The maximum absolute atomic E-state index is 13.8. The Morgan fingerprint density at radius 2 is 1.95 bits per heavy atom. The highest BCUT2D eigenvalue weighted by molar-refractivity contribution is 5.95. The first-order chi connectivity index (χ1) is 10.0. The predicted octanol–water partition coefficient (Wildman–Crippen LogP) is 3.38. The molecule has 1 amide bonds. The summed E-state index contributed by atoms with van der Waals surface area (Å²) in [7, 11) is 0. The van der Waals surface area contributed by atoms with Gasteiger partial charge in [0.1, 0.15) is 5.82 Å². The molecule has 0 radical (unpaired) electrons. The van der Waals surface area contributed by atoms with Crippen molar-refractivity contribution < 1.29 is 9.18 Å². The molecule has 0 unspecified atom stereocenters. The molecule has 0 atom stereocenters. The lowest BCUT2D eigenvalue weighted by molar-refractivity contribution is 0.0747. The van der Waals surface area contributed by atoms with Crippen molar-refractivity contribution in [1.82, 2.24) is 4.90 Å². The van der Waals surface area contributed by atoms with Crippen LogP contribution in [-0.2, 0) is 6.54 Å². The quantitative estimate of drug-likeness (QED) is 0.876. The molecule has 2 rings (SSSR count). The zero-order valence-corrected chi connectivity index (χ0v) is 12.3. The SMILES string of the molecule is CCN(Cc1ccccc1C)C(=O)c1cc(N)ccc1F. The first kappa shape index (κ1) is 15.0. The van der Waals surface area contributed by atoms with Gasteiger partial charge < -0.3 is 10.6 Å². The molecular formula is C17H19FN2O. The van der Waals surface area contributed by atoms with E-state index in [4.69, 9.17) is 5.73 Å². The van der Waals surface area contributed by atoms with Crippen LogP contribution in [0.3, 0.4) is 0 Å². The highest BCUT2D eigenvalue weighted by Gasteiger charge is 2.19. The third-order valence-corrected chi connectivity index (χ3v) is 3.51. The van der Waals surface area contributed by atoms with E-state index in [0.29, 0.717) is 18.8 Å². The Morgan fingerprint density at radius 3 is 2.62 bits per heavy atom. The van der Waals surface area contributed by atoms with Crippen molar-refractivity contribution in [2.24, 2.45) is 0 Å². The van der Waals surface area contributed by atoms with Crippen LogP contribution in [-0.4, -0.2) is 17.4 Å². The Labute approximate surface area is 124 Å². The molecule has 0 fully saturated rings. The topological polar surface area (TPSA) is 46.3 Å². The van der Waals surface area contributed by atoms with Gasteiger partial charge in [-0.25, -0.2) is 4.39 Å². The van der Waals surface area contributed by atoms with Crippen LogP contribution in [0.25, 0.3) is 0 Å². The zero-order chi connectivity index (χ0) is 15.4. The molecule has 0 saturated carbocycles. The maximum Gasteiger partial charge on any atom is 0.257 e. The van der Waals surface area contributed by atoms with Crippen molar-refractivity contribution in [1.29, 1.82) is 0 Å². The molecule has 0 spiro atoms. The Hall–Kier alpha value is -2.36. The summed E-state index contributed by atoms with van der Waals surface area (Å²) in [5.74, 6) is -0.886. The second kappa shape index (κ2) is 6.39. The minimum absolute atomic E-state index is 0.0189. The molecule has 21 heavy (non-hydrogen) atoms. The third kappa shape index (κ3) is 3.40. The second-order valence-electron chi connectivity index (χ2n) is 4.99. The summed E-state index contributed by atoms with van der Waals surface area (Å²) in [4.78, 5) is 14.1. The van der Waals surface area contributed by atoms with Gasteiger partial charge in [0.2, 0.25) is 0 Å². The fourth-order valence-electron chi connectivity index (χ4n) is 2.20. The fraction of sp³-hybridized carbons (Fsp3) is 0.235. The summed E-state index contributed by atoms with van der Waals surface area (Å²) in [6.45, 7) is 4.83. The average Bonchev–Trinajstić information content (AvgIpc) is 2.48. The first-order valence-corrected chi connectivity index (χ1v) is 6.91. The van der Waals surface area contributed by atoms with Gasteiger partial charge in [-0.2, -0.15) is 0 Å². The molecule has 2 N–H and O–H groups in total.